The predicted octanol–water partition coefficient (Wildman–Crippen LogP) is 2.78. The number of hydrogen-bond acceptors (Lipinski definition) is 2. The van der Waals surface area contributed by atoms with Crippen LogP contribution in [0, 0.1) is 0 Å². The highest BCUT2D eigenvalue weighted by atomic mass is 19.3. The Balaban J connectivity index is 1.60. The van der Waals surface area contributed by atoms with Crippen molar-refractivity contribution in [1.29, 1.82) is 0 Å². The minimum Gasteiger partial charge on any atom is -0.341 e. The molecule has 1 aromatic rings. The molecule has 2 fully saturated rings. The topological polar surface area (TPSA) is 32.3 Å². The monoisotopic (exact) mass is 308 g/mol. The molecule has 0 spiro atoms. The number of rotatable bonds is 2. The van der Waals surface area contributed by atoms with Crippen molar-refractivity contribution in [3.05, 3.63) is 35.9 Å². The van der Waals surface area contributed by atoms with Crippen LogP contribution < -0.4 is 5.32 Å². The second-order valence-corrected chi connectivity index (χ2v) is 6.36. The van der Waals surface area contributed by atoms with Gasteiger partial charge < -0.3 is 4.90 Å². The zero-order valence-electron chi connectivity index (χ0n) is 12.6. The van der Waals surface area contributed by atoms with Gasteiger partial charge in [-0.05, 0) is 30.7 Å². The summed E-state index contributed by atoms with van der Waals surface area (Å²) >= 11 is 0. The lowest BCUT2D eigenvalue weighted by atomic mass is 9.92. The average molecular weight is 308 g/mol. The second-order valence-electron chi connectivity index (χ2n) is 6.36. The third-order valence-corrected chi connectivity index (χ3v) is 4.72. The van der Waals surface area contributed by atoms with Gasteiger partial charge >= 0.3 is 0 Å². The van der Waals surface area contributed by atoms with Gasteiger partial charge in [-0.3, -0.25) is 10.1 Å². The lowest BCUT2D eigenvalue weighted by Gasteiger charge is -2.24. The van der Waals surface area contributed by atoms with E-state index in [1.807, 2.05) is 18.2 Å². The third kappa shape index (κ3) is 3.46. The van der Waals surface area contributed by atoms with Gasteiger partial charge in [-0.1, -0.05) is 30.3 Å². The van der Waals surface area contributed by atoms with Gasteiger partial charge in [-0.15, -0.1) is 0 Å². The quantitative estimate of drug-likeness (QED) is 0.911. The molecule has 1 aromatic carbocycles. The molecule has 2 atom stereocenters. The van der Waals surface area contributed by atoms with E-state index >= 15 is 0 Å². The highest BCUT2D eigenvalue weighted by Gasteiger charge is 2.43. The van der Waals surface area contributed by atoms with Crippen molar-refractivity contribution in [2.75, 3.05) is 19.6 Å². The molecule has 2 heterocycles. The zero-order chi connectivity index (χ0) is 15.6. The van der Waals surface area contributed by atoms with Gasteiger partial charge in [0, 0.05) is 19.5 Å². The minimum absolute atomic E-state index is 0.161. The van der Waals surface area contributed by atoms with E-state index in [4.69, 9.17) is 0 Å². The van der Waals surface area contributed by atoms with E-state index in [1.165, 1.54) is 5.56 Å². The van der Waals surface area contributed by atoms with Crippen molar-refractivity contribution in [1.82, 2.24) is 10.2 Å². The first-order valence-electron chi connectivity index (χ1n) is 8.00. The van der Waals surface area contributed by atoms with Crippen molar-refractivity contribution < 1.29 is 13.6 Å². The number of nitrogens with one attached hydrogen (secondary N) is 1. The third-order valence-electron chi connectivity index (χ3n) is 4.72. The molecule has 1 N–H and O–H groups in total. The van der Waals surface area contributed by atoms with E-state index in [0.717, 1.165) is 19.3 Å². The summed E-state index contributed by atoms with van der Waals surface area (Å²) < 4.78 is 26.5. The molecule has 0 bridgehead atoms. The highest BCUT2D eigenvalue weighted by Crippen LogP contribution is 2.30. The van der Waals surface area contributed by atoms with E-state index < -0.39 is 12.0 Å². The van der Waals surface area contributed by atoms with E-state index in [0.29, 0.717) is 19.0 Å². The number of nitrogens with zero attached hydrogens (tertiary/aromatic N) is 1. The highest BCUT2D eigenvalue weighted by molar-refractivity contribution is 5.82. The summed E-state index contributed by atoms with van der Waals surface area (Å²) in [4.78, 5) is 14.2. The van der Waals surface area contributed by atoms with Crippen LogP contribution in [0.15, 0.2) is 30.3 Å². The molecule has 2 aliphatic rings. The van der Waals surface area contributed by atoms with Crippen LogP contribution in [0.1, 0.15) is 37.2 Å². The summed E-state index contributed by atoms with van der Waals surface area (Å²) in [6.45, 7) is 0.942. The van der Waals surface area contributed by atoms with Crippen molar-refractivity contribution in [3.63, 3.8) is 0 Å². The van der Waals surface area contributed by atoms with Crippen molar-refractivity contribution in [2.24, 2.45) is 0 Å². The molecule has 2 aliphatic heterocycles. The smallest absolute Gasteiger partial charge is 0.262 e. The molecular weight excluding hydrogens is 286 g/mol. The summed E-state index contributed by atoms with van der Waals surface area (Å²) in [6, 6.07) is 9.61. The lowest BCUT2D eigenvalue weighted by molar-refractivity contribution is -0.133. The fraction of sp³-hybridized carbons (Fsp3) is 0.588. The van der Waals surface area contributed by atoms with Crippen LogP contribution in [0.4, 0.5) is 8.78 Å². The molecular formula is C17H22F2N2O. The SMILES string of the molecule is O=C(C1CC(F)(F)CN1)N1CCCC(c2ccccc2)CC1. The van der Waals surface area contributed by atoms with Crippen molar-refractivity contribution >= 4 is 5.91 Å². The number of likely N-dealkylation sites (tertiary alicyclic amines) is 1. The minimum atomic E-state index is -2.75. The summed E-state index contributed by atoms with van der Waals surface area (Å²) in [6.07, 6.45) is 2.50. The van der Waals surface area contributed by atoms with E-state index in [-0.39, 0.29) is 18.9 Å². The Labute approximate surface area is 129 Å². The number of amides is 1. The average Bonchev–Trinajstić information content (AvgIpc) is 2.74. The first-order chi connectivity index (χ1) is 10.6. The van der Waals surface area contributed by atoms with Crippen molar-refractivity contribution in [3.8, 4) is 0 Å². The molecule has 3 nitrogen and oxygen atoms in total. The predicted molar refractivity (Wildman–Crippen MR) is 81.0 cm³/mol. The Morgan fingerprint density at radius 3 is 2.64 bits per heavy atom. The molecule has 22 heavy (non-hydrogen) atoms. The summed E-state index contributed by atoms with van der Waals surface area (Å²) in [7, 11) is 0. The molecule has 120 valence electrons. The van der Waals surface area contributed by atoms with E-state index in [1.54, 1.807) is 4.90 Å². The van der Waals surface area contributed by atoms with Gasteiger partial charge in [0.2, 0.25) is 5.91 Å². The standard InChI is InChI=1S/C17H22F2N2O/c18-17(19)11-15(20-12-17)16(22)21-9-4-7-14(8-10-21)13-5-2-1-3-6-13/h1-3,5-6,14-15,20H,4,7-12H2. The summed E-state index contributed by atoms with van der Waals surface area (Å²) in [5.41, 5.74) is 1.31. The molecule has 2 saturated heterocycles. The van der Waals surface area contributed by atoms with E-state index in [9.17, 15) is 13.6 Å². The van der Waals surface area contributed by atoms with Crippen LogP contribution in [-0.4, -0.2) is 42.4 Å². The molecule has 1 amide bonds. The molecule has 2 unspecified atom stereocenters. The Morgan fingerprint density at radius 2 is 1.95 bits per heavy atom. The second kappa shape index (κ2) is 6.32. The first kappa shape index (κ1) is 15.4. The lowest BCUT2D eigenvalue weighted by Crippen LogP contribution is -2.44. The van der Waals surface area contributed by atoms with Gasteiger partial charge in [0.25, 0.3) is 5.92 Å². The van der Waals surface area contributed by atoms with Crippen LogP contribution in [-0.2, 0) is 4.79 Å². The first-order valence-corrected chi connectivity index (χ1v) is 8.00. The number of halogens is 2. The Morgan fingerprint density at radius 1 is 1.18 bits per heavy atom. The molecule has 0 saturated carbocycles. The maximum atomic E-state index is 13.3. The van der Waals surface area contributed by atoms with Crippen LogP contribution in [0.25, 0.3) is 0 Å². The Bertz CT molecular complexity index is 521. The number of benzene rings is 1. The Hall–Kier alpha value is -1.49. The largest absolute Gasteiger partial charge is 0.341 e. The Kier molecular flexibility index (Phi) is 4.43. The van der Waals surface area contributed by atoms with Crippen LogP contribution >= 0.6 is 0 Å². The van der Waals surface area contributed by atoms with Gasteiger partial charge in [0.15, 0.2) is 0 Å². The number of carbonyl (C=O) groups is 1. The molecule has 3 rings (SSSR count). The van der Waals surface area contributed by atoms with E-state index in [2.05, 4.69) is 17.4 Å². The normalized spacial score (nSPS) is 28.4. The molecule has 0 radical (unpaired) electrons. The number of carbonyl (C=O) groups excluding carboxylic acids is 1. The van der Waals surface area contributed by atoms with Gasteiger partial charge in [0.05, 0.1) is 12.6 Å². The van der Waals surface area contributed by atoms with Crippen LogP contribution in [0.2, 0.25) is 0 Å². The van der Waals surface area contributed by atoms with Gasteiger partial charge in [0.1, 0.15) is 0 Å². The summed E-state index contributed by atoms with van der Waals surface area (Å²) in [5, 5.41) is 2.67. The zero-order valence-corrected chi connectivity index (χ0v) is 12.6. The molecule has 0 aliphatic carbocycles. The van der Waals surface area contributed by atoms with Crippen LogP contribution in [0.5, 0.6) is 0 Å². The maximum absolute atomic E-state index is 13.3. The van der Waals surface area contributed by atoms with Crippen molar-refractivity contribution in [2.45, 2.75) is 43.6 Å². The number of alkyl halides is 2. The fourth-order valence-corrected chi connectivity index (χ4v) is 3.49. The molecule has 0 aromatic heterocycles. The van der Waals surface area contributed by atoms with Crippen LogP contribution in [0.3, 0.4) is 0 Å². The summed E-state index contributed by atoms with van der Waals surface area (Å²) in [5.74, 6) is -2.46. The molecule has 5 heteroatoms. The number of hydrogen-bond donors (Lipinski definition) is 1. The maximum Gasteiger partial charge on any atom is 0.262 e. The van der Waals surface area contributed by atoms with Gasteiger partial charge in [-0.2, -0.15) is 0 Å². The fourth-order valence-electron chi connectivity index (χ4n) is 3.49. The van der Waals surface area contributed by atoms with Gasteiger partial charge in [-0.25, -0.2) is 8.78 Å².